The van der Waals surface area contributed by atoms with E-state index in [1.807, 2.05) is 0 Å². The number of Topliss-reactive ketones (excluding diaryl/α,β-unsaturated/α-hetero) is 1. The van der Waals surface area contributed by atoms with Gasteiger partial charge in [0, 0.05) is 4.88 Å². The number of benzene rings is 1. The van der Waals surface area contributed by atoms with Crippen molar-refractivity contribution in [2.45, 2.75) is 58.1 Å². The quantitative estimate of drug-likeness (QED) is 0.546. The largest absolute Gasteiger partial charge is 0.451 e. The van der Waals surface area contributed by atoms with Crippen molar-refractivity contribution in [2.24, 2.45) is 0 Å². The van der Waals surface area contributed by atoms with Gasteiger partial charge in [-0.25, -0.2) is 9.78 Å². The van der Waals surface area contributed by atoms with E-state index in [1.54, 1.807) is 31.2 Å². The number of aromatic nitrogens is 1. The summed E-state index contributed by atoms with van der Waals surface area (Å²) in [5, 5.41) is 3.26. The van der Waals surface area contributed by atoms with E-state index in [9.17, 15) is 19.2 Å². The number of esters is 1. The third-order valence-electron chi connectivity index (χ3n) is 5.55. The molecule has 0 bridgehead atoms. The van der Waals surface area contributed by atoms with E-state index < -0.39 is 35.7 Å². The molecule has 31 heavy (non-hydrogen) atoms. The van der Waals surface area contributed by atoms with Crippen molar-refractivity contribution in [2.75, 3.05) is 10.2 Å². The van der Waals surface area contributed by atoms with Crippen LogP contribution in [0.1, 0.15) is 54.0 Å². The smallest absolute Gasteiger partial charge is 0.329 e. The topological polar surface area (TPSA) is 106 Å². The minimum absolute atomic E-state index is 0.254. The molecule has 1 aliphatic heterocycles. The molecule has 1 aliphatic carbocycles. The fourth-order valence-corrected chi connectivity index (χ4v) is 4.90. The van der Waals surface area contributed by atoms with Gasteiger partial charge in [-0.3, -0.25) is 24.6 Å². The van der Waals surface area contributed by atoms with Crippen molar-refractivity contribution in [1.82, 2.24) is 4.98 Å². The number of carbonyl (C=O) groups excluding carboxylic acids is 4. The fraction of sp³-hybridized carbons (Fsp3) is 0.409. The minimum Gasteiger partial charge on any atom is -0.451 e. The molecule has 8 nitrogen and oxygen atoms in total. The monoisotopic (exact) mass is 441 g/mol. The van der Waals surface area contributed by atoms with Gasteiger partial charge in [0.1, 0.15) is 6.04 Å². The minimum atomic E-state index is -1.05. The third-order valence-corrected chi connectivity index (χ3v) is 6.62. The summed E-state index contributed by atoms with van der Waals surface area (Å²) in [6, 6.07) is 5.45. The zero-order chi connectivity index (χ0) is 22.1. The summed E-state index contributed by atoms with van der Waals surface area (Å²) >= 11 is 1.46. The van der Waals surface area contributed by atoms with Crippen LogP contribution in [0.25, 0.3) is 0 Å². The Morgan fingerprint density at radius 3 is 2.71 bits per heavy atom. The second kappa shape index (κ2) is 8.58. The van der Waals surface area contributed by atoms with Crippen LogP contribution in [0.4, 0.5) is 10.8 Å². The molecule has 2 heterocycles. The molecule has 4 rings (SSSR count). The van der Waals surface area contributed by atoms with Gasteiger partial charge in [0.25, 0.3) is 17.6 Å². The first kappa shape index (κ1) is 21.2. The van der Waals surface area contributed by atoms with Gasteiger partial charge < -0.3 is 4.74 Å². The molecule has 2 atom stereocenters. The van der Waals surface area contributed by atoms with Gasteiger partial charge in [0.2, 0.25) is 0 Å². The van der Waals surface area contributed by atoms with Crippen LogP contribution in [0.5, 0.6) is 0 Å². The maximum absolute atomic E-state index is 12.8. The van der Waals surface area contributed by atoms with Crippen molar-refractivity contribution < 1.29 is 23.9 Å². The number of hydrogen-bond acceptors (Lipinski definition) is 7. The lowest BCUT2D eigenvalue weighted by atomic mass is 10.0. The van der Waals surface area contributed by atoms with Crippen molar-refractivity contribution >= 4 is 45.7 Å². The summed E-state index contributed by atoms with van der Waals surface area (Å²) in [7, 11) is 0. The number of anilines is 2. The summed E-state index contributed by atoms with van der Waals surface area (Å²) in [5.74, 6) is -2.65. The summed E-state index contributed by atoms with van der Waals surface area (Å²) < 4.78 is 5.43. The molecular weight excluding hydrogens is 418 g/mol. The molecule has 0 saturated heterocycles. The number of nitrogens with zero attached hydrogens (tertiary/aromatic N) is 2. The standard InChI is InChI=1S/C22H23N3O5S/c1-3-16(19(27)24-22-23-14-9-5-7-11-17(14)31-22)30-21(29)12(2)25-15-10-6-4-8-13(15)18(26)20(25)28/h4,6,8,10,12,16H,3,5,7,9,11H2,1-2H3,(H,23,24,27). The molecular formula is C22H23N3O5S. The number of carbonyl (C=O) groups is 4. The van der Waals surface area contributed by atoms with Gasteiger partial charge in [-0.1, -0.05) is 19.1 Å². The van der Waals surface area contributed by atoms with E-state index in [1.165, 1.54) is 23.1 Å². The molecule has 1 aromatic carbocycles. The fourth-order valence-electron chi connectivity index (χ4n) is 3.85. The predicted octanol–water partition coefficient (Wildman–Crippen LogP) is 2.90. The summed E-state index contributed by atoms with van der Waals surface area (Å²) in [4.78, 5) is 56.9. The van der Waals surface area contributed by atoms with E-state index >= 15 is 0 Å². The first-order valence-electron chi connectivity index (χ1n) is 10.4. The molecule has 1 N–H and O–H groups in total. The lowest BCUT2D eigenvalue weighted by molar-refractivity contribution is -0.155. The number of para-hydroxylation sites is 1. The van der Waals surface area contributed by atoms with E-state index in [0.717, 1.165) is 36.3 Å². The van der Waals surface area contributed by atoms with Gasteiger partial charge in [-0.05, 0) is 51.2 Å². The Kier molecular flexibility index (Phi) is 5.86. The van der Waals surface area contributed by atoms with E-state index in [0.29, 0.717) is 10.8 Å². The molecule has 2 aromatic rings. The Hall–Kier alpha value is -3.07. The second-order valence-electron chi connectivity index (χ2n) is 7.62. The Balaban J connectivity index is 1.44. The Labute approximate surface area is 183 Å². The highest BCUT2D eigenvalue weighted by atomic mass is 32.1. The van der Waals surface area contributed by atoms with Crippen molar-refractivity contribution in [3.8, 4) is 0 Å². The van der Waals surface area contributed by atoms with Crippen LogP contribution in [0.2, 0.25) is 0 Å². The number of aryl methyl sites for hydroxylation is 2. The van der Waals surface area contributed by atoms with Crippen molar-refractivity contribution in [3.63, 3.8) is 0 Å². The molecule has 2 aliphatic rings. The van der Waals surface area contributed by atoms with Crippen LogP contribution in [0.3, 0.4) is 0 Å². The number of fused-ring (bicyclic) bond motifs is 2. The van der Waals surface area contributed by atoms with Gasteiger partial charge in [0.05, 0.1) is 16.9 Å². The summed E-state index contributed by atoms with van der Waals surface area (Å²) in [5.41, 5.74) is 1.65. The van der Waals surface area contributed by atoms with Gasteiger partial charge in [-0.15, -0.1) is 11.3 Å². The zero-order valence-electron chi connectivity index (χ0n) is 17.3. The third kappa shape index (κ3) is 3.97. The van der Waals surface area contributed by atoms with E-state index in [-0.39, 0.29) is 12.0 Å². The zero-order valence-corrected chi connectivity index (χ0v) is 18.2. The molecule has 9 heteroatoms. The molecule has 0 fully saturated rings. The number of ketones is 1. The van der Waals surface area contributed by atoms with Crippen LogP contribution in [-0.4, -0.2) is 40.7 Å². The highest BCUT2D eigenvalue weighted by Gasteiger charge is 2.41. The predicted molar refractivity (Wildman–Crippen MR) is 115 cm³/mol. The first-order valence-corrected chi connectivity index (χ1v) is 11.2. The van der Waals surface area contributed by atoms with Crippen molar-refractivity contribution in [1.29, 1.82) is 0 Å². The number of amides is 2. The average Bonchev–Trinajstić information content (AvgIpc) is 3.29. The highest BCUT2D eigenvalue weighted by molar-refractivity contribution is 7.15. The molecule has 0 saturated carbocycles. The molecule has 0 spiro atoms. The van der Waals surface area contributed by atoms with Gasteiger partial charge >= 0.3 is 5.97 Å². The van der Waals surface area contributed by atoms with Gasteiger partial charge in [-0.2, -0.15) is 0 Å². The lowest BCUT2D eigenvalue weighted by Crippen LogP contribution is -2.45. The van der Waals surface area contributed by atoms with Crippen LogP contribution < -0.4 is 10.2 Å². The van der Waals surface area contributed by atoms with Crippen LogP contribution in [-0.2, 0) is 32.0 Å². The number of ether oxygens (including phenoxy) is 1. The first-order chi connectivity index (χ1) is 14.9. The van der Waals surface area contributed by atoms with Crippen molar-refractivity contribution in [3.05, 3.63) is 40.4 Å². The SMILES string of the molecule is CCC(OC(=O)C(C)N1C(=O)C(=O)c2ccccc21)C(=O)Nc1nc2c(s1)CCCC2. The maximum Gasteiger partial charge on any atom is 0.329 e. The lowest BCUT2D eigenvalue weighted by Gasteiger charge is -2.25. The van der Waals surface area contributed by atoms with Gasteiger partial charge in [0.15, 0.2) is 11.2 Å². The number of nitrogens with one attached hydrogen (secondary N) is 1. The second-order valence-corrected chi connectivity index (χ2v) is 8.70. The molecule has 0 radical (unpaired) electrons. The maximum atomic E-state index is 12.8. The Morgan fingerprint density at radius 2 is 1.97 bits per heavy atom. The Bertz CT molecular complexity index is 1040. The molecule has 1 aromatic heterocycles. The Morgan fingerprint density at radius 1 is 1.23 bits per heavy atom. The number of hydrogen-bond donors (Lipinski definition) is 1. The summed E-state index contributed by atoms with van der Waals surface area (Å²) in [6.45, 7) is 3.21. The number of rotatable bonds is 6. The highest BCUT2D eigenvalue weighted by Crippen LogP contribution is 2.31. The molecule has 2 unspecified atom stereocenters. The molecule has 162 valence electrons. The van der Waals surface area contributed by atoms with Crippen LogP contribution in [0.15, 0.2) is 24.3 Å². The molecule has 2 amide bonds. The van der Waals surface area contributed by atoms with Crippen LogP contribution >= 0.6 is 11.3 Å². The van der Waals surface area contributed by atoms with E-state index in [4.69, 9.17) is 4.74 Å². The average molecular weight is 442 g/mol. The normalized spacial score (nSPS) is 17.0. The number of thiazole rings is 1. The van der Waals surface area contributed by atoms with Crippen LogP contribution in [0, 0.1) is 0 Å². The summed E-state index contributed by atoms with van der Waals surface area (Å²) in [6.07, 6.45) is 3.33. The van der Waals surface area contributed by atoms with E-state index in [2.05, 4.69) is 10.3 Å².